The monoisotopic (exact) mass is 350 g/mol. The molecule has 0 bridgehead atoms. The molecule has 0 aromatic carbocycles. The van der Waals surface area contributed by atoms with Crippen molar-refractivity contribution >= 4 is 28.2 Å². The molecule has 10 heteroatoms. The Morgan fingerprint density at radius 2 is 2.26 bits per heavy atom. The summed E-state index contributed by atoms with van der Waals surface area (Å²) in [6, 6.07) is 3.81. The van der Waals surface area contributed by atoms with E-state index >= 15 is 0 Å². The molecule has 0 unspecified atom stereocenters. The van der Waals surface area contributed by atoms with Crippen LogP contribution in [0, 0.1) is 0 Å². The molecule has 3 rings (SSSR count). The molecular weight excluding hydrogens is 336 g/mol. The van der Waals surface area contributed by atoms with Gasteiger partial charge in [0.05, 0.1) is 13.2 Å². The fraction of sp³-hybridized carbons (Fsp3) is 0.308. The highest BCUT2D eigenvalue weighted by atomic mass is 32.2. The summed E-state index contributed by atoms with van der Waals surface area (Å²) in [5.41, 5.74) is 0.938. The minimum atomic E-state index is 0.402. The molecule has 23 heavy (non-hydrogen) atoms. The Morgan fingerprint density at radius 1 is 1.30 bits per heavy atom. The number of methoxy groups -OCH3 is 1. The lowest BCUT2D eigenvalue weighted by Gasteiger charge is -1.96. The average Bonchev–Trinajstić information content (AvgIpc) is 3.23. The van der Waals surface area contributed by atoms with E-state index in [2.05, 4.69) is 30.7 Å². The Labute approximate surface area is 140 Å². The molecular formula is C13H14N6O2S2. The van der Waals surface area contributed by atoms with E-state index in [9.17, 15) is 0 Å². The predicted molar refractivity (Wildman–Crippen MR) is 87.4 cm³/mol. The first-order valence-corrected chi connectivity index (χ1v) is 8.57. The van der Waals surface area contributed by atoms with Gasteiger partial charge in [0, 0.05) is 30.8 Å². The second kappa shape index (κ2) is 7.99. The molecule has 0 atom stereocenters. The number of hydrogen-bond acceptors (Lipinski definition) is 10. The number of anilines is 1. The summed E-state index contributed by atoms with van der Waals surface area (Å²) in [7, 11) is 1.66. The zero-order valence-electron chi connectivity index (χ0n) is 12.3. The number of nitrogens with zero attached hydrogens (tertiary/aromatic N) is 5. The fourth-order valence-corrected chi connectivity index (χ4v) is 3.04. The Balaban J connectivity index is 1.54. The Hall–Kier alpha value is -2.04. The molecule has 0 amide bonds. The first-order valence-electron chi connectivity index (χ1n) is 6.77. The van der Waals surface area contributed by atoms with Gasteiger partial charge in [-0.05, 0) is 12.1 Å². The molecule has 8 nitrogen and oxygen atoms in total. The summed E-state index contributed by atoms with van der Waals surface area (Å²) < 4.78 is 10.5. The lowest BCUT2D eigenvalue weighted by molar-refractivity contribution is 0.218. The van der Waals surface area contributed by atoms with Crippen LogP contribution < -0.4 is 5.32 Å². The van der Waals surface area contributed by atoms with Crippen molar-refractivity contribution in [1.82, 2.24) is 25.4 Å². The summed E-state index contributed by atoms with van der Waals surface area (Å²) in [6.45, 7) is 1.04. The number of hydrogen-bond donors (Lipinski definition) is 1. The van der Waals surface area contributed by atoms with Gasteiger partial charge in [-0.25, -0.2) is 0 Å². The van der Waals surface area contributed by atoms with Crippen LogP contribution in [0.1, 0.15) is 5.89 Å². The van der Waals surface area contributed by atoms with Gasteiger partial charge in [-0.15, -0.1) is 20.4 Å². The lowest BCUT2D eigenvalue weighted by Crippen LogP contribution is -1.99. The van der Waals surface area contributed by atoms with Crippen LogP contribution >= 0.6 is 23.1 Å². The van der Waals surface area contributed by atoms with Crippen molar-refractivity contribution in [3.63, 3.8) is 0 Å². The molecule has 0 fully saturated rings. The Kier molecular flexibility index (Phi) is 5.51. The van der Waals surface area contributed by atoms with Crippen LogP contribution in [-0.2, 0) is 11.3 Å². The third-order valence-electron chi connectivity index (χ3n) is 2.69. The molecule has 0 saturated heterocycles. The van der Waals surface area contributed by atoms with E-state index < -0.39 is 0 Å². The summed E-state index contributed by atoms with van der Waals surface area (Å²) in [5.74, 6) is 1.28. The van der Waals surface area contributed by atoms with E-state index in [0.717, 1.165) is 16.3 Å². The van der Waals surface area contributed by atoms with Crippen LogP contribution in [0.25, 0.3) is 10.6 Å². The second-order valence-electron chi connectivity index (χ2n) is 4.31. The van der Waals surface area contributed by atoms with Crippen LogP contribution in [0.4, 0.5) is 5.13 Å². The van der Waals surface area contributed by atoms with Gasteiger partial charge in [0.25, 0.3) is 5.22 Å². The third kappa shape index (κ3) is 4.47. The molecule has 0 aliphatic rings. The van der Waals surface area contributed by atoms with E-state index in [1.54, 1.807) is 19.5 Å². The number of aromatic nitrogens is 5. The van der Waals surface area contributed by atoms with Crippen molar-refractivity contribution in [2.24, 2.45) is 0 Å². The van der Waals surface area contributed by atoms with Crippen LogP contribution in [-0.4, -0.2) is 44.8 Å². The molecule has 3 aromatic rings. The van der Waals surface area contributed by atoms with Crippen LogP contribution in [0.2, 0.25) is 0 Å². The zero-order chi connectivity index (χ0) is 15.9. The van der Waals surface area contributed by atoms with E-state index in [-0.39, 0.29) is 0 Å². The molecule has 3 heterocycles. The van der Waals surface area contributed by atoms with Gasteiger partial charge in [-0.3, -0.25) is 4.98 Å². The van der Waals surface area contributed by atoms with Crippen molar-refractivity contribution in [3.05, 3.63) is 30.4 Å². The van der Waals surface area contributed by atoms with E-state index in [1.807, 2.05) is 12.1 Å². The first kappa shape index (κ1) is 15.8. The smallest absolute Gasteiger partial charge is 0.276 e. The van der Waals surface area contributed by atoms with E-state index in [1.165, 1.54) is 23.1 Å². The SMILES string of the molecule is COCCSc1nnc(CNc2nnc(-c3cccnc3)s2)o1. The van der Waals surface area contributed by atoms with E-state index in [4.69, 9.17) is 9.15 Å². The van der Waals surface area contributed by atoms with Crippen molar-refractivity contribution in [1.29, 1.82) is 0 Å². The van der Waals surface area contributed by atoms with Gasteiger partial charge in [-0.1, -0.05) is 23.1 Å². The van der Waals surface area contributed by atoms with Gasteiger partial charge in [0.15, 0.2) is 5.01 Å². The third-order valence-corrected chi connectivity index (χ3v) is 4.40. The number of ether oxygens (including phenoxy) is 1. The molecule has 0 saturated carbocycles. The normalized spacial score (nSPS) is 10.8. The maximum absolute atomic E-state index is 5.51. The number of nitrogens with one attached hydrogen (secondary N) is 1. The highest BCUT2D eigenvalue weighted by Gasteiger charge is 2.09. The molecule has 0 aliphatic carbocycles. The standard InChI is InChI=1S/C13H14N6O2S2/c1-20-5-6-22-13-19-16-10(21-13)8-15-12-18-17-11(23-12)9-3-2-4-14-7-9/h2-4,7H,5-6,8H2,1H3,(H,15,18). The second-order valence-corrected chi connectivity index (χ2v) is 6.33. The largest absolute Gasteiger partial charge is 0.414 e. The van der Waals surface area contributed by atoms with Gasteiger partial charge >= 0.3 is 0 Å². The molecule has 0 spiro atoms. The van der Waals surface area contributed by atoms with Gasteiger partial charge in [0.1, 0.15) is 0 Å². The summed E-state index contributed by atoms with van der Waals surface area (Å²) in [6.07, 6.45) is 3.48. The van der Waals surface area contributed by atoms with Crippen molar-refractivity contribution in [2.45, 2.75) is 11.8 Å². The fourth-order valence-electron chi connectivity index (χ4n) is 1.63. The number of pyridine rings is 1. The summed E-state index contributed by atoms with van der Waals surface area (Å²) >= 11 is 2.91. The number of rotatable bonds is 8. The highest BCUT2D eigenvalue weighted by molar-refractivity contribution is 7.99. The zero-order valence-corrected chi connectivity index (χ0v) is 13.9. The number of thioether (sulfide) groups is 1. The molecule has 120 valence electrons. The van der Waals surface area contributed by atoms with Crippen molar-refractivity contribution in [2.75, 3.05) is 24.8 Å². The average molecular weight is 350 g/mol. The van der Waals surface area contributed by atoms with Gasteiger partial charge in [-0.2, -0.15) is 0 Å². The minimum Gasteiger partial charge on any atom is -0.414 e. The lowest BCUT2D eigenvalue weighted by atomic mass is 10.3. The first-order chi connectivity index (χ1) is 11.3. The van der Waals surface area contributed by atoms with Gasteiger partial charge < -0.3 is 14.5 Å². The maximum atomic E-state index is 5.51. The Bertz CT molecular complexity index is 733. The molecule has 0 radical (unpaired) electrons. The van der Waals surface area contributed by atoms with E-state index in [0.29, 0.717) is 29.4 Å². The van der Waals surface area contributed by atoms with Crippen LogP contribution in [0.3, 0.4) is 0 Å². The minimum absolute atomic E-state index is 0.402. The Morgan fingerprint density at radius 3 is 3.09 bits per heavy atom. The van der Waals surface area contributed by atoms with Crippen molar-refractivity contribution in [3.8, 4) is 10.6 Å². The topological polar surface area (TPSA) is 98.9 Å². The highest BCUT2D eigenvalue weighted by Crippen LogP contribution is 2.25. The van der Waals surface area contributed by atoms with Crippen LogP contribution in [0.15, 0.2) is 34.2 Å². The van der Waals surface area contributed by atoms with Gasteiger partial charge in [0.2, 0.25) is 11.0 Å². The quantitative estimate of drug-likeness (QED) is 0.484. The molecule has 3 aromatic heterocycles. The summed E-state index contributed by atoms with van der Waals surface area (Å²) in [4.78, 5) is 4.07. The summed E-state index contributed by atoms with van der Waals surface area (Å²) in [5, 5.41) is 21.3. The predicted octanol–water partition coefficient (Wildman–Crippen LogP) is 2.33. The molecule has 1 N–H and O–H groups in total. The van der Waals surface area contributed by atoms with Crippen molar-refractivity contribution < 1.29 is 9.15 Å². The molecule has 0 aliphatic heterocycles. The maximum Gasteiger partial charge on any atom is 0.276 e. The van der Waals surface area contributed by atoms with Crippen LogP contribution in [0.5, 0.6) is 0 Å².